The SMILES string of the molecule is CC(=O)c1nn(CC(=O)N2C3C[C@@]34CNC(=O)C(F)(F)CCCCOCc3ccc(Br)nc3NC(=O)[C@@H]2C4)c2cnc(-c3cnc(C)nc3)cc12. The van der Waals surface area contributed by atoms with Crippen LogP contribution in [0.3, 0.4) is 0 Å². The van der Waals surface area contributed by atoms with Crippen LogP contribution in [-0.2, 0) is 32.3 Å². The number of hydrogen-bond donors (Lipinski definition) is 2. The Kier molecular flexibility index (Phi) is 9.12. The van der Waals surface area contributed by atoms with Gasteiger partial charge >= 0.3 is 5.92 Å². The van der Waals surface area contributed by atoms with Gasteiger partial charge in [0.05, 0.1) is 24.0 Å². The fourth-order valence-electron chi connectivity index (χ4n) is 6.93. The fraction of sp³-hybridized carbons (Fsp3) is 0.441. The van der Waals surface area contributed by atoms with Crippen LogP contribution in [0.4, 0.5) is 14.6 Å². The van der Waals surface area contributed by atoms with Gasteiger partial charge in [0, 0.05) is 66.9 Å². The van der Waals surface area contributed by atoms with Gasteiger partial charge in [-0.05, 0) is 60.7 Å². The molecule has 266 valence electrons. The number of Topliss-reactive ketones (excluding diaryl/α,β-unsaturated/α-hetero) is 1. The van der Waals surface area contributed by atoms with Gasteiger partial charge in [-0.15, -0.1) is 0 Å². The highest BCUT2D eigenvalue weighted by Crippen LogP contribution is 2.59. The molecule has 0 radical (unpaired) electrons. The molecule has 1 unspecified atom stereocenters. The molecule has 2 N–H and O–H groups in total. The lowest BCUT2D eigenvalue weighted by Crippen LogP contribution is -2.47. The van der Waals surface area contributed by atoms with Crippen molar-refractivity contribution in [2.24, 2.45) is 5.41 Å². The molecule has 1 aliphatic carbocycles. The number of rotatable bonds is 4. The minimum atomic E-state index is -3.58. The highest BCUT2D eigenvalue weighted by molar-refractivity contribution is 9.10. The van der Waals surface area contributed by atoms with Crippen LogP contribution in [0.1, 0.15) is 60.9 Å². The minimum Gasteiger partial charge on any atom is -0.377 e. The molecule has 1 spiro atoms. The Balaban J connectivity index is 1.20. The Morgan fingerprint density at radius 2 is 1.88 bits per heavy atom. The number of carbonyl (C=O) groups is 4. The topological polar surface area (TPSA) is 174 Å². The molecule has 14 nitrogen and oxygen atoms in total. The average molecular weight is 767 g/mol. The van der Waals surface area contributed by atoms with Crippen molar-refractivity contribution < 1.29 is 32.7 Å². The molecule has 3 amide bonds. The zero-order valence-electron chi connectivity index (χ0n) is 27.8. The van der Waals surface area contributed by atoms with Crippen LogP contribution in [0.25, 0.3) is 22.2 Å². The Morgan fingerprint density at radius 1 is 1.10 bits per heavy atom. The number of piperidine rings is 1. The molecule has 2 fully saturated rings. The van der Waals surface area contributed by atoms with Gasteiger partial charge in [-0.3, -0.25) is 28.8 Å². The first kappa shape index (κ1) is 34.7. The quantitative estimate of drug-likeness (QED) is 0.228. The number of likely N-dealkylation sites (tertiary alicyclic amines) is 1. The summed E-state index contributed by atoms with van der Waals surface area (Å²) >= 11 is 3.34. The molecule has 3 aliphatic rings. The van der Waals surface area contributed by atoms with Crippen LogP contribution in [0.2, 0.25) is 0 Å². The Labute approximate surface area is 298 Å². The van der Waals surface area contributed by atoms with Crippen LogP contribution < -0.4 is 10.6 Å². The van der Waals surface area contributed by atoms with Gasteiger partial charge in [-0.25, -0.2) is 15.0 Å². The lowest BCUT2D eigenvalue weighted by molar-refractivity contribution is -0.147. The number of ketones is 1. The van der Waals surface area contributed by atoms with Gasteiger partial charge in [0.1, 0.15) is 34.5 Å². The summed E-state index contributed by atoms with van der Waals surface area (Å²) in [5.74, 6) is -5.47. The zero-order valence-corrected chi connectivity index (χ0v) is 29.4. The standard InChI is InChI=1S/C34H34BrF2N9O5/c1-18(47)29-22-9-23(21-12-38-19(2)39-13-21)40-14-25(22)45(44-29)15-28(48)46-24-10-33(11-26(33)46)17-41-32(50)34(36,37)7-3-4-8-51-16-20-5-6-27(35)42-30(20)43-31(24)49/h5-6,9,12-14,24,26H,3-4,7-8,10-11,15-17H2,1-2H3,(H,41,50)(H,42,43,49)/t24-,26?,33-/m0/s1. The van der Waals surface area contributed by atoms with Crippen LogP contribution in [-0.4, -0.2) is 89.3 Å². The van der Waals surface area contributed by atoms with E-state index >= 15 is 0 Å². The van der Waals surface area contributed by atoms with E-state index in [1.807, 2.05) is 0 Å². The number of aryl methyl sites for hydroxylation is 1. The van der Waals surface area contributed by atoms with Crippen LogP contribution in [0, 0.1) is 12.3 Å². The van der Waals surface area contributed by atoms with E-state index in [9.17, 15) is 28.0 Å². The number of nitrogens with one attached hydrogen (secondary N) is 2. The Morgan fingerprint density at radius 3 is 2.65 bits per heavy atom. The molecule has 51 heavy (non-hydrogen) atoms. The van der Waals surface area contributed by atoms with E-state index < -0.39 is 47.6 Å². The van der Waals surface area contributed by atoms with Gasteiger partial charge < -0.3 is 20.3 Å². The number of alkyl halides is 2. The average Bonchev–Trinajstić information content (AvgIpc) is 3.51. The number of ether oxygens (including phenoxy) is 1. The number of anilines is 1. The van der Waals surface area contributed by atoms with Gasteiger partial charge in [-0.2, -0.15) is 13.9 Å². The summed E-state index contributed by atoms with van der Waals surface area (Å²) in [6.45, 7) is 2.89. The third-order valence-electron chi connectivity index (χ3n) is 9.75. The van der Waals surface area contributed by atoms with E-state index in [1.54, 1.807) is 37.5 Å². The van der Waals surface area contributed by atoms with Crippen molar-refractivity contribution in [1.29, 1.82) is 0 Å². The van der Waals surface area contributed by atoms with Gasteiger partial charge in [0.15, 0.2) is 5.78 Å². The molecule has 0 aromatic carbocycles. The summed E-state index contributed by atoms with van der Waals surface area (Å²) in [5, 5.41) is 10.2. The van der Waals surface area contributed by atoms with E-state index in [-0.39, 0.29) is 56.4 Å². The van der Waals surface area contributed by atoms with Gasteiger partial charge in [0.25, 0.3) is 5.91 Å². The van der Waals surface area contributed by atoms with Crippen molar-refractivity contribution in [3.63, 3.8) is 0 Å². The van der Waals surface area contributed by atoms with Crippen molar-refractivity contribution in [1.82, 2.24) is 39.9 Å². The zero-order chi connectivity index (χ0) is 36.1. The fourth-order valence-corrected chi connectivity index (χ4v) is 7.24. The summed E-state index contributed by atoms with van der Waals surface area (Å²) in [4.78, 5) is 72.4. The predicted octanol–water partition coefficient (Wildman–Crippen LogP) is 4.01. The van der Waals surface area contributed by atoms with E-state index in [4.69, 9.17) is 4.74 Å². The van der Waals surface area contributed by atoms with E-state index in [1.165, 1.54) is 22.7 Å². The molecule has 4 aromatic heterocycles. The maximum atomic E-state index is 14.8. The highest BCUT2D eigenvalue weighted by Gasteiger charge is 2.67. The number of nitrogens with zero attached hydrogens (tertiary/aromatic N) is 7. The number of amides is 3. The summed E-state index contributed by atoms with van der Waals surface area (Å²) < 4.78 is 37.1. The molecule has 1 saturated heterocycles. The smallest absolute Gasteiger partial charge is 0.324 e. The minimum absolute atomic E-state index is 0.0597. The molecule has 7 rings (SSSR count). The number of fused-ring (bicyclic) bond motifs is 3. The first-order valence-electron chi connectivity index (χ1n) is 16.5. The maximum absolute atomic E-state index is 14.8. The number of hydrogen-bond acceptors (Lipinski definition) is 10. The molecular formula is C34H34BrF2N9O5. The molecule has 6 heterocycles. The van der Waals surface area contributed by atoms with Crippen molar-refractivity contribution in [3.05, 3.63) is 58.5 Å². The molecule has 2 bridgehead atoms. The lowest BCUT2D eigenvalue weighted by Gasteiger charge is -2.27. The molecule has 2 aliphatic heterocycles. The molecule has 3 atom stereocenters. The number of aromatic nitrogens is 6. The molecule has 1 saturated carbocycles. The second kappa shape index (κ2) is 13.4. The van der Waals surface area contributed by atoms with Gasteiger partial charge in [-0.1, -0.05) is 6.07 Å². The second-order valence-electron chi connectivity index (χ2n) is 13.3. The van der Waals surface area contributed by atoms with E-state index in [0.29, 0.717) is 51.0 Å². The number of pyridine rings is 2. The normalized spacial score (nSPS) is 23.5. The summed E-state index contributed by atoms with van der Waals surface area (Å²) in [6.07, 6.45) is 5.05. The predicted molar refractivity (Wildman–Crippen MR) is 181 cm³/mol. The van der Waals surface area contributed by atoms with E-state index in [0.717, 1.165) is 0 Å². The number of carbonyl (C=O) groups excluding carboxylic acids is 4. The number of halogens is 3. The molecular weight excluding hydrogens is 732 g/mol. The third kappa shape index (κ3) is 6.83. The highest BCUT2D eigenvalue weighted by atomic mass is 79.9. The Hall–Kier alpha value is -4.77. The monoisotopic (exact) mass is 765 g/mol. The van der Waals surface area contributed by atoms with Crippen LogP contribution in [0.5, 0.6) is 0 Å². The lowest BCUT2D eigenvalue weighted by atomic mass is 9.98. The van der Waals surface area contributed by atoms with Crippen LogP contribution in [0.15, 0.2) is 41.4 Å². The van der Waals surface area contributed by atoms with Crippen molar-refractivity contribution >= 4 is 56.2 Å². The summed E-state index contributed by atoms with van der Waals surface area (Å²) in [5.41, 5.74) is 1.49. The van der Waals surface area contributed by atoms with Gasteiger partial charge in [0.2, 0.25) is 11.8 Å². The summed E-state index contributed by atoms with van der Waals surface area (Å²) in [7, 11) is 0. The second-order valence-corrected chi connectivity index (χ2v) is 14.1. The van der Waals surface area contributed by atoms with Crippen molar-refractivity contribution in [2.75, 3.05) is 18.5 Å². The van der Waals surface area contributed by atoms with Crippen molar-refractivity contribution in [2.45, 2.75) is 77.1 Å². The molecule has 17 heteroatoms. The first-order chi connectivity index (χ1) is 24.3. The first-order valence-corrected chi connectivity index (χ1v) is 17.3. The largest absolute Gasteiger partial charge is 0.377 e. The summed E-state index contributed by atoms with van der Waals surface area (Å²) in [6, 6.07) is 3.59. The van der Waals surface area contributed by atoms with E-state index in [2.05, 4.69) is 51.6 Å². The van der Waals surface area contributed by atoms with Crippen LogP contribution >= 0.6 is 15.9 Å². The Bertz CT molecular complexity index is 2060. The molecule has 4 aromatic rings. The third-order valence-corrected chi connectivity index (χ3v) is 10.2. The maximum Gasteiger partial charge on any atom is 0.324 e. The van der Waals surface area contributed by atoms with Crippen molar-refractivity contribution in [3.8, 4) is 11.3 Å².